The van der Waals surface area contributed by atoms with Crippen molar-refractivity contribution in [2.75, 3.05) is 11.1 Å². The fourth-order valence-electron chi connectivity index (χ4n) is 2.45. The standard InChI is InChI=1S/C14H16ClN5/c1-7-3-11(12(15)10-5-17-4-9(7)10)20-14-8(2)13(16)18-6-19-14/h3,6,17H,4-5H2,1-2H3,(H3,16,18,19,20). The minimum Gasteiger partial charge on any atom is -0.383 e. The summed E-state index contributed by atoms with van der Waals surface area (Å²) in [5.74, 6) is 1.16. The molecule has 20 heavy (non-hydrogen) atoms. The molecule has 0 spiro atoms. The van der Waals surface area contributed by atoms with E-state index in [0.717, 1.165) is 34.9 Å². The molecule has 4 N–H and O–H groups in total. The van der Waals surface area contributed by atoms with Crippen molar-refractivity contribution in [3.8, 4) is 0 Å². The Morgan fingerprint density at radius 2 is 2.00 bits per heavy atom. The van der Waals surface area contributed by atoms with Gasteiger partial charge in [0.05, 0.1) is 10.7 Å². The van der Waals surface area contributed by atoms with Crippen molar-refractivity contribution in [3.63, 3.8) is 0 Å². The van der Waals surface area contributed by atoms with E-state index in [-0.39, 0.29) is 0 Å². The molecule has 0 aliphatic carbocycles. The summed E-state index contributed by atoms with van der Waals surface area (Å²) in [5, 5.41) is 7.33. The van der Waals surface area contributed by atoms with Crippen LogP contribution in [0.25, 0.3) is 0 Å². The molecule has 104 valence electrons. The number of hydrogen-bond donors (Lipinski definition) is 3. The van der Waals surface area contributed by atoms with Gasteiger partial charge in [-0.25, -0.2) is 9.97 Å². The first-order valence-electron chi connectivity index (χ1n) is 6.43. The third-order valence-corrected chi connectivity index (χ3v) is 4.11. The van der Waals surface area contributed by atoms with E-state index in [0.29, 0.717) is 11.6 Å². The fourth-order valence-corrected chi connectivity index (χ4v) is 2.73. The summed E-state index contributed by atoms with van der Waals surface area (Å²) in [7, 11) is 0. The highest BCUT2D eigenvalue weighted by Gasteiger charge is 2.19. The first kappa shape index (κ1) is 13.1. The zero-order chi connectivity index (χ0) is 14.3. The van der Waals surface area contributed by atoms with E-state index in [1.54, 1.807) is 0 Å². The monoisotopic (exact) mass is 289 g/mol. The van der Waals surface area contributed by atoms with E-state index in [1.807, 2.05) is 13.0 Å². The van der Waals surface area contributed by atoms with Crippen LogP contribution in [-0.4, -0.2) is 9.97 Å². The number of nitrogens with one attached hydrogen (secondary N) is 2. The van der Waals surface area contributed by atoms with E-state index in [9.17, 15) is 0 Å². The molecular formula is C14H16ClN5. The van der Waals surface area contributed by atoms with E-state index in [4.69, 9.17) is 17.3 Å². The molecule has 3 rings (SSSR count). The Balaban J connectivity index is 2.04. The number of nitrogens with two attached hydrogens (primary N) is 1. The summed E-state index contributed by atoms with van der Waals surface area (Å²) in [4.78, 5) is 8.18. The lowest BCUT2D eigenvalue weighted by atomic mass is 10.0. The number of hydrogen-bond acceptors (Lipinski definition) is 5. The van der Waals surface area contributed by atoms with Crippen molar-refractivity contribution in [1.82, 2.24) is 15.3 Å². The lowest BCUT2D eigenvalue weighted by Crippen LogP contribution is -2.03. The number of rotatable bonds is 2. The summed E-state index contributed by atoms with van der Waals surface area (Å²) in [5.41, 5.74) is 11.1. The average molecular weight is 290 g/mol. The molecule has 1 aromatic carbocycles. The molecule has 0 bridgehead atoms. The van der Waals surface area contributed by atoms with Crippen LogP contribution in [0.1, 0.15) is 22.3 Å². The molecule has 0 radical (unpaired) electrons. The van der Waals surface area contributed by atoms with Crippen LogP contribution in [-0.2, 0) is 13.1 Å². The molecule has 5 nitrogen and oxygen atoms in total. The van der Waals surface area contributed by atoms with E-state index in [1.165, 1.54) is 17.5 Å². The van der Waals surface area contributed by atoms with E-state index in [2.05, 4.69) is 27.5 Å². The largest absolute Gasteiger partial charge is 0.383 e. The smallest absolute Gasteiger partial charge is 0.138 e. The van der Waals surface area contributed by atoms with Crippen LogP contribution >= 0.6 is 11.6 Å². The van der Waals surface area contributed by atoms with Crippen molar-refractivity contribution >= 4 is 28.9 Å². The molecule has 2 heterocycles. The van der Waals surface area contributed by atoms with Crippen molar-refractivity contribution in [3.05, 3.63) is 39.7 Å². The zero-order valence-electron chi connectivity index (χ0n) is 11.4. The number of benzene rings is 1. The van der Waals surface area contributed by atoms with Crippen LogP contribution in [0.4, 0.5) is 17.3 Å². The van der Waals surface area contributed by atoms with Crippen LogP contribution in [0.15, 0.2) is 12.4 Å². The summed E-state index contributed by atoms with van der Waals surface area (Å²) in [6.45, 7) is 5.65. The number of nitrogens with zero attached hydrogens (tertiary/aromatic N) is 2. The normalized spacial score (nSPS) is 13.3. The van der Waals surface area contributed by atoms with Gasteiger partial charge in [-0.2, -0.15) is 0 Å². The molecular weight excluding hydrogens is 274 g/mol. The molecule has 0 unspecified atom stereocenters. The van der Waals surface area contributed by atoms with Gasteiger partial charge in [-0.15, -0.1) is 0 Å². The van der Waals surface area contributed by atoms with Crippen molar-refractivity contribution in [2.45, 2.75) is 26.9 Å². The molecule has 0 fully saturated rings. The quantitative estimate of drug-likeness (QED) is 0.792. The number of anilines is 3. The number of aryl methyl sites for hydroxylation is 1. The SMILES string of the molecule is Cc1cc(Nc2ncnc(N)c2C)c(Cl)c2c1CNC2. The molecule has 6 heteroatoms. The Kier molecular flexibility index (Phi) is 3.23. The summed E-state index contributed by atoms with van der Waals surface area (Å²) in [6, 6.07) is 2.05. The lowest BCUT2D eigenvalue weighted by molar-refractivity contribution is 0.763. The van der Waals surface area contributed by atoms with Crippen molar-refractivity contribution in [1.29, 1.82) is 0 Å². The van der Waals surface area contributed by atoms with Gasteiger partial charge < -0.3 is 16.4 Å². The van der Waals surface area contributed by atoms with Gasteiger partial charge in [0, 0.05) is 18.7 Å². The second-order valence-corrected chi connectivity index (χ2v) is 5.35. The maximum atomic E-state index is 6.49. The first-order chi connectivity index (χ1) is 9.58. The van der Waals surface area contributed by atoms with Gasteiger partial charge in [0.2, 0.25) is 0 Å². The molecule has 0 amide bonds. The topological polar surface area (TPSA) is 75.9 Å². The van der Waals surface area contributed by atoms with Gasteiger partial charge in [-0.1, -0.05) is 11.6 Å². The highest BCUT2D eigenvalue weighted by Crippen LogP contribution is 2.35. The predicted molar refractivity (Wildman–Crippen MR) is 81.2 cm³/mol. The zero-order valence-corrected chi connectivity index (χ0v) is 12.2. The number of fused-ring (bicyclic) bond motifs is 1. The Bertz CT molecular complexity index is 684. The highest BCUT2D eigenvalue weighted by atomic mass is 35.5. The Labute approximate surface area is 122 Å². The molecule has 2 aromatic rings. The molecule has 0 saturated heterocycles. The van der Waals surface area contributed by atoms with E-state index >= 15 is 0 Å². The molecule has 0 atom stereocenters. The van der Waals surface area contributed by atoms with Crippen LogP contribution in [0.2, 0.25) is 5.02 Å². The number of aromatic nitrogens is 2. The van der Waals surface area contributed by atoms with Crippen LogP contribution in [0, 0.1) is 13.8 Å². The number of halogens is 1. The molecule has 1 aromatic heterocycles. The second kappa shape index (κ2) is 4.92. The molecule has 1 aliphatic heterocycles. The lowest BCUT2D eigenvalue weighted by Gasteiger charge is -2.14. The van der Waals surface area contributed by atoms with Crippen LogP contribution in [0.3, 0.4) is 0 Å². The van der Waals surface area contributed by atoms with Crippen LogP contribution < -0.4 is 16.4 Å². The maximum absolute atomic E-state index is 6.49. The van der Waals surface area contributed by atoms with Gasteiger partial charge >= 0.3 is 0 Å². The van der Waals surface area contributed by atoms with Gasteiger partial charge in [0.25, 0.3) is 0 Å². The second-order valence-electron chi connectivity index (χ2n) is 4.97. The van der Waals surface area contributed by atoms with Gasteiger partial charge in [-0.05, 0) is 36.6 Å². The average Bonchev–Trinajstić information content (AvgIpc) is 2.91. The fraction of sp³-hybridized carbons (Fsp3) is 0.286. The summed E-state index contributed by atoms with van der Waals surface area (Å²) in [6.07, 6.45) is 1.44. The highest BCUT2D eigenvalue weighted by molar-refractivity contribution is 6.34. The minimum absolute atomic E-state index is 0.471. The molecule has 1 aliphatic rings. The van der Waals surface area contributed by atoms with Crippen molar-refractivity contribution in [2.24, 2.45) is 0 Å². The summed E-state index contributed by atoms with van der Waals surface area (Å²) < 4.78 is 0. The summed E-state index contributed by atoms with van der Waals surface area (Å²) >= 11 is 6.49. The maximum Gasteiger partial charge on any atom is 0.138 e. The van der Waals surface area contributed by atoms with E-state index < -0.39 is 0 Å². The number of nitrogen functional groups attached to an aromatic ring is 1. The van der Waals surface area contributed by atoms with Crippen LogP contribution in [0.5, 0.6) is 0 Å². The van der Waals surface area contributed by atoms with Gasteiger partial charge in [0.15, 0.2) is 0 Å². The molecule has 0 saturated carbocycles. The van der Waals surface area contributed by atoms with Crippen molar-refractivity contribution < 1.29 is 0 Å². The Morgan fingerprint density at radius 1 is 1.25 bits per heavy atom. The predicted octanol–water partition coefficient (Wildman–Crippen LogP) is 2.68. The first-order valence-corrected chi connectivity index (χ1v) is 6.81. The minimum atomic E-state index is 0.471. The Morgan fingerprint density at radius 3 is 2.80 bits per heavy atom. The van der Waals surface area contributed by atoms with Gasteiger partial charge in [0.1, 0.15) is 18.0 Å². The third kappa shape index (κ3) is 2.09. The Hall–Kier alpha value is -1.85. The van der Waals surface area contributed by atoms with Gasteiger partial charge in [-0.3, -0.25) is 0 Å². The third-order valence-electron chi connectivity index (χ3n) is 3.68.